The number of sulfonamides is 1. The first-order valence-electron chi connectivity index (χ1n) is 9.42. The molecule has 2 aromatic carbocycles. The minimum absolute atomic E-state index is 0.0858. The van der Waals surface area contributed by atoms with Crippen molar-refractivity contribution in [3.63, 3.8) is 0 Å². The van der Waals surface area contributed by atoms with Crippen LogP contribution in [-0.4, -0.2) is 51.5 Å². The first kappa shape index (κ1) is 22.9. The summed E-state index contributed by atoms with van der Waals surface area (Å²) in [6.07, 6.45) is 0. The number of amides is 1. The Balaban J connectivity index is 2.25. The number of hydrogen-bond acceptors (Lipinski definition) is 5. The lowest BCUT2D eigenvalue weighted by Crippen LogP contribution is -2.44. The van der Waals surface area contributed by atoms with Crippen molar-refractivity contribution >= 4 is 15.9 Å². The van der Waals surface area contributed by atoms with Crippen LogP contribution in [0.4, 0.5) is 0 Å². The Labute approximate surface area is 172 Å². The molecule has 29 heavy (non-hydrogen) atoms. The Bertz CT molecular complexity index is 870. The molecule has 0 bridgehead atoms. The number of carbonyl (C=O) groups excluding carboxylic acids is 1. The van der Waals surface area contributed by atoms with Crippen molar-refractivity contribution in [3.8, 4) is 5.75 Å². The van der Waals surface area contributed by atoms with Crippen LogP contribution in [0.3, 0.4) is 0 Å². The molecule has 0 radical (unpaired) electrons. The van der Waals surface area contributed by atoms with Crippen LogP contribution >= 0.6 is 0 Å². The summed E-state index contributed by atoms with van der Waals surface area (Å²) in [5.41, 5.74) is 0.791. The lowest BCUT2D eigenvalue weighted by molar-refractivity contribution is -0.122. The van der Waals surface area contributed by atoms with E-state index >= 15 is 0 Å². The molecule has 0 spiro atoms. The molecule has 2 rings (SSSR count). The first-order valence-corrected chi connectivity index (χ1v) is 10.9. The zero-order chi connectivity index (χ0) is 21.3. The molecule has 1 N–H and O–H groups in total. The minimum Gasteiger partial charge on any atom is -0.494 e. The highest BCUT2D eigenvalue weighted by molar-refractivity contribution is 7.89. The van der Waals surface area contributed by atoms with E-state index in [2.05, 4.69) is 5.32 Å². The number of nitrogens with one attached hydrogen (secondary N) is 1. The predicted octanol–water partition coefficient (Wildman–Crippen LogP) is 2.43. The molecule has 0 heterocycles. The van der Waals surface area contributed by atoms with Gasteiger partial charge >= 0.3 is 0 Å². The summed E-state index contributed by atoms with van der Waals surface area (Å²) >= 11 is 0. The van der Waals surface area contributed by atoms with E-state index in [1.807, 2.05) is 37.3 Å². The van der Waals surface area contributed by atoms with E-state index in [1.54, 1.807) is 26.2 Å². The molecule has 0 fully saturated rings. The molecule has 0 aliphatic rings. The molecule has 1 atom stereocenters. The second-order valence-electron chi connectivity index (χ2n) is 6.59. The van der Waals surface area contributed by atoms with Gasteiger partial charge in [0.1, 0.15) is 5.75 Å². The van der Waals surface area contributed by atoms with E-state index < -0.39 is 10.0 Å². The van der Waals surface area contributed by atoms with Crippen molar-refractivity contribution in [1.29, 1.82) is 0 Å². The Morgan fingerprint density at radius 3 is 2.34 bits per heavy atom. The third-order valence-electron chi connectivity index (χ3n) is 4.12. The summed E-state index contributed by atoms with van der Waals surface area (Å²) in [5.74, 6) is 0.201. The third kappa shape index (κ3) is 6.85. The van der Waals surface area contributed by atoms with Gasteiger partial charge in [0.2, 0.25) is 15.9 Å². The van der Waals surface area contributed by atoms with Crippen LogP contribution in [0.5, 0.6) is 5.75 Å². The Morgan fingerprint density at radius 1 is 1.10 bits per heavy atom. The molecule has 0 unspecified atom stereocenters. The zero-order valence-corrected chi connectivity index (χ0v) is 17.8. The van der Waals surface area contributed by atoms with E-state index in [1.165, 1.54) is 16.4 Å². The molecule has 0 saturated heterocycles. The normalized spacial score (nSPS) is 12.6. The van der Waals surface area contributed by atoms with Gasteiger partial charge in [-0.3, -0.25) is 4.79 Å². The van der Waals surface area contributed by atoms with Crippen LogP contribution in [0.15, 0.2) is 59.5 Å². The molecule has 0 aromatic heterocycles. The fourth-order valence-corrected chi connectivity index (χ4v) is 4.19. The number of nitrogens with zero attached hydrogens (tertiary/aromatic N) is 1. The third-order valence-corrected chi connectivity index (χ3v) is 5.92. The summed E-state index contributed by atoms with van der Waals surface area (Å²) in [6.45, 7) is 4.28. The number of hydrogen-bond donors (Lipinski definition) is 1. The van der Waals surface area contributed by atoms with E-state index in [-0.39, 0.29) is 29.9 Å². The maximum absolute atomic E-state index is 13.2. The molecule has 0 saturated carbocycles. The van der Waals surface area contributed by atoms with Crippen molar-refractivity contribution in [2.75, 3.05) is 26.9 Å². The molecule has 2 aromatic rings. The second-order valence-corrected chi connectivity index (χ2v) is 8.52. The zero-order valence-electron chi connectivity index (χ0n) is 17.0. The molecule has 8 heteroatoms. The van der Waals surface area contributed by atoms with Gasteiger partial charge in [0.15, 0.2) is 0 Å². The van der Waals surface area contributed by atoms with Gasteiger partial charge in [-0.05, 0) is 43.7 Å². The average molecular weight is 421 g/mol. The van der Waals surface area contributed by atoms with Gasteiger partial charge in [-0.1, -0.05) is 30.3 Å². The van der Waals surface area contributed by atoms with Crippen molar-refractivity contribution in [1.82, 2.24) is 9.62 Å². The second kappa shape index (κ2) is 10.9. The maximum Gasteiger partial charge on any atom is 0.243 e. The fraction of sp³-hybridized carbons (Fsp3) is 0.381. The van der Waals surface area contributed by atoms with E-state index in [0.29, 0.717) is 19.0 Å². The topological polar surface area (TPSA) is 84.9 Å². The van der Waals surface area contributed by atoms with Gasteiger partial charge in [0.25, 0.3) is 0 Å². The van der Waals surface area contributed by atoms with Crippen LogP contribution in [0.2, 0.25) is 0 Å². The maximum atomic E-state index is 13.2. The Kier molecular flexibility index (Phi) is 8.63. The molecule has 1 amide bonds. The monoisotopic (exact) mass is 420 g/mol. The van der Waals surface area contributed by atoms with E-state index in [0.717, 1.165) is 5.56 Å². The summed E-state index contributed by atoms with van der Waals surface area (Å²) in [7, 11) is -2.35. The van der Waals surface area contributed by atoms with Gasteiger partial charge in [0, 0.05) is 19.7 Å². The largest absolute Gasteiger partial charge is 0.494 e. The number of benzene rings is 2. The van der Waals surface area contributed by atoms with E-state index in [4.69, 9.17) is 9.47 Å². The summed E-state index contributed by atoms with van der Waals surface area (Å²) in [4.78, 5) is 12.6. The van der Waals surface area contributed by atoms with Gasteiger partial charge in [-0.15, -0.1) is 0 Å². The minimum atomic E-state index is -3.89. The quantitative estimate of drug-likeness (QED) is 0.604. The van der Waals surface area contributed by atoms with Crippen LogP contribution in [0.25, 0.3) is 0 Å². The van der Waals surface area contributed by atoms with Crippen molar-refractivity contribution in [2.45, 2.75) is 31.3 Å². The van der Waals surface area contributed by atoms with Gasteiger partial charge in [0.05, 0.1) is 24.7 Å². The van der Waals surface area contributed by atoms with Crippen LogP contribution < -0.4 is 10.1 Å². The van der Waals surface area contributed by atoms with Crippen molar-refractivity contribution in [3.05, 3.63) is 60.2 Å². The smallest absolute Gasteiger partial charge is 0.243 e. The highest BCUT2D eigenvalue weighted by Crippen LogP contribution is 2.21. The highest BCUT2D eigenvalue weighted by Gasteiger charge is 2.27. The number of rotatable bonds is 11. The lowest BCUT2D eigenvalue weighted by atomic mass is 10.2. The van der Waals surface area contributed by atoms with E-state index in [9.17, 15) is 13.2 Å². The van der Waals surface area contributed by atoms with Crippen LogP contribution in [0.1, 0.15) is 19.4 Å². The Hall–Kier alpha value is -2.42. The SMILES string of the molecule is CCOc1ccc(S(=O)(=O)N(CC(=O)N[C@H](C)COC)Cc2ccccc2)cc1. The van der Waals surface area contributed by atoms with Crippen molar-refractivity contribution < 1.29 is 22.7 Å². The van der Waals surface area contributed by atoms with Gasteiger partial charge in [-0.25, -0.2) is 8.42 Å². The number of methoxy groups -OCH3 is 1. The Morgan fingerprint density at radius 2 is 1.76 bits per heavy atom. The average Bonchev–Trinajstić information content (AvgIpc) is 2.69. The predicted molar refractivity (Wildman–Crippen MR) is 111 cm³/mol. The molecular formula is C21H28N2O5S. The van der Waals surface area contributed by atoms with Crippen LogP contribution in [-0.2, 0) is 26.1 Å². The number of carbonyl (C=O) groups is 1. The molecule has 0 aliphatic carbocycles. The standard InChI is InChI=1S/C21H28N2O5S/c1-4-28-19-10-12-20(13-11-19)29(25,26)23(14-18-8-6-5-7-9-18)15-21(24)22-17(2)16-27-3/h5-13,17H,4,14-16H2,1-3H3,(H,22,24)/t17-/m1/s1. The molecule has 7 nitrogen and oxygen atoms in total. The summed E-state index contributed by atoms with van der Waals surface area (Å²) in [5, 5.41) is 2.76. The van der Waals surface area contributed by atoms with Gasteiger partial charge < -0.3 is 14.8 Å². The lowest BCUT2D eigenvalue weighted by Gasteiger charge is -2.23. The molecular weight excluding hydrogens is 392 g/mol. The summed E-state index contributed by atoms with van der Waals surface area (Å²) in [6, 6.07) is 15.1. The number of ether oxygens (including phenoxy) is 2. The van der Waals surface area contributed by atoms with Crippen LogP contribution in [0, 0.1) is 0 Å². The highest BCUT2D eigenvalue weighted by atomic mass is 32.2. The molecule has 0 aliphatic heterocycles. The van der Waals surface area contributed by atoms with Crippen molar-refractivity contribution in [2.24, 2.45) is 0 Å². The first-order chi connectivity index (χ1) is 13.9. The van der Waals surface area contributed by atoms with Gasteiger partial charge in [-0.2, -0.15) is 4.31 Å². The molecule has 158 valence electrons. The fourth-order valence-electron chi connectivity index (χ4n) is 2.81. The summed E-state index contributed by atoms with van der Waals surface area (Å²) < 4.78 is 38.0.